The largest absolute Gasteiger partial charge is 0.258 e. The predicted molar refractivity (Wildman–Crippen MR) is 87.8 cm³/mol. The number of thioether (sulfide) groups is 2. The molecule has 0 unspecified atom stereocenters. The van der Waals surface area contributed by atoms with Gasteiger partial charge in [-0.15, -0.1) is 15.3 Å². The first-order valence-corrected chi connectivity index (χ1v) is 9.26. The van der Waals surface area contributed by atoms with Crippen LogP contribution < -0.4 is 0 Å². The molecule has 0 saturated heterocycles. The van der Waals surface area contributed by atoms with Gasteiger partial charge in [0.15, 0.2) is 10.2 Å². The lowest BCUT2D eigenvalue weighted by atomic mass is 10.1. The van der Waals surface area contributed by atoms with Crippen molar-refractivity contribution in [1.82, 2.24) is 25.4 Å². The van der Waals surface area contributed by atoms with Crippen LogP contribution in [0.25, 0.3) is 11.4 Å². The van der Waals surface area contributed by atoms with Gasteiger partial charge in [-0.05, 0) is 13.2 Å². The molecule has 2 heterocycles. The molecule has 0 aliphatic rings. The van der Waals surface area contributed by atoms with Crippen LogP contribution in [0.4, 0.5) is 0 Å². The lowest BCUT2D eigenvalue weighted by molar-refractivity contribution is 0.962. The molecule has 1 N–H and O–H groups in total. The highest BCUT2D eigenvalue weighted by molar-refractivity contribution is 8.00. The lowest BCUT2D eigenvalue weighted by Gasteiger charge is -1.96. The molecule has 0 amide bonds. The number of aromatic amines is 1. The third kappa shape index (κ3) is 3.63. The van der Waals surface area contributed by atoms with Crippen molar-refractivity contribution < 1.29 is 0 Å². The number of aromatic nitrogens is 5. The fraction of sp³-hybridized carbons (Fsp3) is 0.231. The van der Waals surface area contributed by atoms with Gasteiger partial charge in [-0.1, -0.05) is 64.7 Å². The summed E-state index contributed by atoms with van der Waals surface area (Å²) in [6, 6.07) is 8.21. The summed E-state index contributed by atoms with van der Waals surface area (Å²) in [5.41, 5.74) is 2.27. The zero-order chi connectivity index (χ0) is 14.7. The van der Waals surface area contributed by atoms with Crippen molar-refractivity contribution >= 4 is 34.9 Å². The van der Waals surface area contributed by atoms with Crippen LogP contribution in [-0.4, -0.2) is 31.6 Å². The Kier molecular flexibility index (Phi) is 4.57. The van der Waals surface area contributed by atoms with Gasteiger partial charge in [0.05, 0.1) is 5.75 Å². The molecule has 108 valence electrons. The molecule has 0 atom stereocenters. The second-order valence-electron chi connectivity index (χ2n) is 4.29. The Labute approximate surface area is 135 Å². The Morgan fingerprint density at radius 2 is 2.00 bits per heavy atom. The number of nitrogens with one attached hydrogen (secondary N) is 1. The van der Waals surface area contributed by atoms with Gasteiger partial charge in [-0.2, -0.15) is 0 Å². The minimum Gasteiger partial charge on any atom is -0.258 e. The molecule has 21 heavy (non-hydrogen) atoms. The topological polar surface area (TPSA) is 67.3 Å². The lowest BCUT2D eigenvalue weighted by Crippen LogP contribution is -1.82. The molecule has 0 aliphatic carbocycles. The van der Waals surface area contributed by atoms with E-state index in [1.54, 1.807) is 34.9 Å². The summed E-state index contributed by atoms with van der Waals surface area (Å²) in [6.45, 7) is 2.07. The van der Waals surface area contributed by atoms with Gasteiger partial charge in [0.2, 0.25) is 5.16 Å². The Bertz CT molecular complexity index is 719. The molecule has 5 nitrogen and oxygen atoms in total. The summed E-state index contributed by atoms with van der Waals surface area (Å²) >= 11 is 4.78. The van der Waals surface area contributed by atoms with Crippen molar-refractivity contribution in [3.8, 4) is 11.4 Å². The van der Waals surface area contributed by atoms with E-state index in [1.165, 1.54) is 5.56 Å². The maximum Gasteiger partial charge on any atom is 0.209 e. The van der Waals surface area contributed by atoms with Gasteiger partial charge in [-0.3, -0.25) is 5.10 Å². The first kappa shape index (κ1) is 14.6. The maximum absolute atomic E-state index is 4.50. The van der Waals surface area contributed by atoms with Crippen molar-refractivity contribution in [1.29, 1.82) is 0 Å². The van der Waals surface area contributed by atoms with Gasteiger partial charge in [0.1, 0.15) is 5.01 Å². The summed E-state index contributed by atoms with van der Waals surface area (Å²) < 4.78 is 0.987. The van der Waals surface area contributed by atoms with Gasteiger partial charge >= 0.3 is 0 Å². The minimum absolute atomic E-state index is 0.728. The van der Waals surface area contributed by atoms with Crippen LogP contribution in [-0.2, 0) is 5.75 Å². The van der Waals surface area contributed by atoms with Crippen LogP contribution in [0.1, 0.15) is 10.6 Å². The molecular weight excluding hydrogens is 322 g/mol. The fourth-order valence-electron chi connectivity index (χ4n) is 1.66. The second kappa shape index (κ2) is 6.59. The van der Waals surface area contributed by atoms with Crippen LogP contribution in [0.3, 0.4) is 0 Å². The Hall–Kier alpha value is -1.38. The third-order valence-electron chi connectivity index (χ3n) is 2.74. The zero-order valence-corrected chi connectivity index (χ0v) is 14.0. The van der Waals surface area contributed by atoms with Gasteiger partial charge in [0, 0.05) is 5.56 Å². The van der Waals surface area contributed by atoms with Gasteiger partial charge < -0.3 is 0 Å². The number of H-pyrrole nitrogens is 1. The van der Waals surface area contributed by atoms with E-state index in [1.807, 2.05) is 18.4 Å². The van der Waals surface area contributed by atoms with E-state index < -0.39 is 0 Å². The number of rotatable bonds is 5. The monoisotopic (exact) mass is 335 g/mol. The molecule has 0 saturated carbocycles. The third-order valence-corrected chi connectivity index (χ3v) is 5.68. The van der Waals surface area contributed by atoms with E-state index in [2.05, 4.69) is 44.4 Å². The summed E-state index contributed by atoms with van der Waals surface area (Å²) in [5.74, 6) is 1.53. The first-order chi connectivity index (χ1) is 10.2. The number of aryl methyl sites for hydroxylation is 1. The zero-order valence-electron chi connectivity index (χ0n) is 11.5. The Balaban J connectivity index is 1.66. The SMILES string of the molecule is CSc1nnc(CSc2n[nH]c(-c3ccc(C)cc3)n2)s1. The van der Waals surface area contributed by atoms with Crippen molar-refractivity contribution in [2.24, 2.45) is 0 Å². The quantitative estimate of drug-likeness (QED) is 0.718. The van der Waals surface area contributed by atoms with Crippen molar-refractivity contribution in [2.75, 3.05) is 6.26 Å². The van der Waals surface area contributed by atoms with Crippen LogP contribution >= 0.6 is 34.9 Å². The van der Waals surface area contributed by atoms with Crippen LogP contribution in [0, 0.1) is 6.92 Å². The van der Waals surface area contributed by atoms with Crippen molar-refractivity contribution in [3.63, 3.8) is 0 Å². The number of benzene rings is 1. The second-order valence-corrected chi connectivity index (χ2v) is 7.35. The molecule has 2 aromatic heterocycles. The summed E-state index contributed by atoms with van der Waals surface area (Å²) in [7, 11) is 0. The molecule has 1 aromatic carbocycles. The van der Waals surface area contributed by atoms with E-state index in [4.69, 9.17) is 0 Å². The van der Waals surface area contributed by atoms with Gasteiger partial charge in [-0.25, -0.2) is 4.98 Å². The molecule has 0 spiro atoms. The normalized spacial score (nSPS) is 11.0. The average Bonchev–Trinajstić information content (AvgIpc) is 3.15. The average molecular weight is 335 g/mol. The molecule has 3 aromatic rings. The van der Waals surface area contributed by atoms with E-state index in [0.717, 1.165) is 31.6 Å². The molecule has 0 fully saturated rings. The van der Waals surface area contributed by atoms with Crippen molar-refractivity contribution in [3.05, 3.63) is 34.8 Å². The fourth-order valence-corrected chi connectivity index (χ4v) is 3.75. The summed E-state index contributed by atoms with van der Waals surface area (Å²) in [5, 5.41) is 17.1. The van der Waals surface area contributed by atoms with Crippen LogP contribution in [0.15, 0.2) is 33.8 Å². The molecule has 8 heteroatoms. The van der Waals surface area contributed by atoms with Crippen LogP contribution in [0.5, 0.6) is 0 Å². The number of nitrogens with zero attached hydrogens (tertiary/aromatic N) is 4. The molecular formula is C13H13N5S3. The van der Waals surface area contributed by atoms with Crippen molar-refractivity contribution in [2.45, 2.75) is 22.2 Å². The smallest absolute Gasteiger partial charge is 0.209 e. The van der Waals surface area contributed by atoms with Gasteiger partial charge in [0.25, 0.3) is 0 Å². The van der Waals surface area contributed by atoms with E-state index >= 15 is 0 Å². The van der Waals surface area contributed by atoms with E-state index in [0.29, 0.717) is 0 Å². The Morgan fingerprint density at radius 1 is 1.19 bits per heavy atom. The first-order valence-electron chi connectivity index (χ1n) is 6.23. The molecule has 0 aliphatic heterocycles. The molecule has 3 rings (SSSR count). The highest BCUT2D eigenvalue weighted by atomic mass is 32.2. The minimum atomic E-state index is 0.728. The summed E-state index contributed by atoms with van der Waals surface area (Å²) in [4.78, 5) is 4.50. The van der Waals surface area contributed by atoms with E-state index in [9.17, 15) is 0 Å². The number of hydrogen-bond donors (Lipinski definition) is 1. The Morgan fingerprint density at radius 3 is 2.71 bits per heavy atom. The maximum atomic E-state index is 4.50. The van der Waals surface area contributed by atoms with Crippen LogP contribution in [0.2, 0.25) is 0 Å². The number of hydrogen-bond acceptors (Lipinski definition) is 7. The highest BCUT2D eigenvalue weighted by Crippen LogP contribution is 2.26. The van der Waals surface area contributed by atoms with E-state index in [-0.39, 0.29) is 0 Å². The molecule has 0 radical (unpaired) electrons. The summed E-state index contributed by atoms with van der Waals surface area (Å²) in [6.07, 6.45) is 2.00. The predicted octanol–water partition coefficient (Wildman–Crippen LogP) is 3.65. The standard InChI is InChI=1S/C13H13N5S3/c1-8-3-5-9(6-4-8)11-14-12(17-16-11)20-7-10-15-18-13(19-2)21-10/h3-6H,7H2,1-2H3,(H,14,16,17). The highest BCUT2D eigenvalue weighted by Gasteiger charge is 2.09. The molecule has 0 bridgehead atoms.